The number of rotatable bonds is 2. The molecular weight excluding hydrogens is 404 g/mol. The summed E-state index contributed by atoms with van der Waals surface area (Å²) in [4.78, 5) is 0. The summed E-state index contributed by atoms with van der Waals surface area (Å²) in [5.41, 5.74) is 5.38. The molecule has 0 amide bonds. The predicted octanol–water partition coefficient (Wildman–Crippen LogP) is 4.25. The topological polar surface area (TPSA) is 102 Å². The lowest BCUT2D eigenvalue weighted by molar-refractivity contribution is 0.474. The highest BCUT2D eigenvalue weighted by molar-refractivity contribution is 5.76. The highest BCUT2D eigenvalue weighted by atomic mass is 16.3. The zero-order chi connectivity index (χ0) is 21.9. The molecule has 0 aliphatic heterocycles. The number of phenolic OH excluding ortho intramolecular Hbond substituents is 2. The maximum Gasteiger partial charge on any atom is 0.115 e. The maximum absolute atomic E-state index is 9.22. The SMILES string of the molecule is Oc1ccc(-n2nnc3ccccc32)cc1.Oc1ccc(-n2nnc3ccccc32)cc1. The minimum Gasteiger partial charge on any atom is -0.508 e. The molecule has 0 unspecified atom stereocenters. The molecule has 0 radical (unpaired) electrons. The van der Waals surface area contributed by atoms with E-state index in [1.807, 2.05) is 48.5 Å². The number of para-hydroxylation sites is 2. The van der Waals surface area contributed by atoms with E-state index in [4.69, 9.17) is 0 Å². The van der Waals surface area contributed by atoms with Crippen molar-refractivity contribution in [1.29, 1.82) is 0 Å². The fraction of sp³-hybridized carbons (Fsp3) is 0. The summed E-state index contributed by atoms with van der Waals surface area (Å²) in [5.74, 6) is 0.487. The van der Waals surface area contributed by atoms with Gasteiger partial charge < -0.3 is 10.2 Å². The predicted molar refractivity (Wildman–Crippen MR) is 121 cm³/mol. The van der Waals surface area contributed by atoms with Crippen molar-refractivity contribution < 1.29 is 10.2 Å². The molecule has 2 aromatic heterocycles. The molecule has 6 rings (SSSR count). The largest absolute Gasteiger partial charge is 0.508 e. The zero-order valence-corrected chi connectivity index (χ0v) is 16.8. The molecule has 0 atom stereocenters. The van der Waals surface area contributed by atoms with Crippen molar-refractivity contribution in [2.45, 2.75) is 0 Å². The van der Waals surface area contributed by atoms with Gasteiger partial charge in [0.2, 0.25) is 0 Å². The Labute approximate surface area is 182 Å². The Balaban J connectivity index is 0.000000135. The highest BCUT2D eigenvalue weighted by Gasteiger charge is 2.06. The molecule has 0 fully saturated rings. The van der Waals surface area contributed by atoms with Gasteiger partial charge in [-0.3, -0.25) is 0 Å². The van der Waals surface area contributed by atoms with E-state index in [-0.39, 0.29) is 11.5 Å². The van der Waals surface area contributed by atoms with E-state index < -0.39 is 0 Å². The number of aromatic nitrogens is 6. The summed E-state index contributed by atoms with van der Waals surface area (Å²) in [7, 11) is 0. The fourth-order valence-electron chi connectivity index (χ4n) is 3.31. The lowest BCUT2D eigenvalue weighted by Gasteiger charge is -2.01. The van der Waals surface area contributed by atoms with Gasteiger partial charge in [-0.15, -0.1) is 10.2 Å². The van der Waals surface area contributed by atoms with Crippen molar-refractivity contribution in [2.75, 3.05) is 0 Å². The maximum atomic E-state index is 9.22. The van der Waals surface area contributed by atoms with E-state index in [0.29, 0.717) is 0 Å². The Bertz CT molecular complexity index is 1370. The van der Waals surface area contributed by atoms with Crippen LogP contribution in [-0.4, -0.2) is 40.2 Å². The van der Waals surface area contributed by atoms with E-state index in [1.165, 1.54) is 0 Å². The third kappa shape index (κ3) is 3.72. The number of fused-ring (bicyclic) bond motifs is 2. The minimum atomic E-state index is 0.244. The lowest BCUT2D eigenvalue weighted by atomic mass is 10.3. The van der Waals surface area contributed by atoms with Crippen molar-refractivity contribution in [2.24, 2.45) is 0 Å². The molecule has 6 aromatic rings. The summed E-state index contributed by atoms with van der Waals surface area (Å²) in [6.07, 6.45) is 0. The molecule has 32 heavy (non-hydrogen) atoms. The standard InChI is InChI=1S/2C12H9N3O/c2*16-10-7-5-9(6-8-10)15-12-4-2-1-3-11(12)13-14-15/h2*1-8,16H. The monoisotopic (exact) mass is 422 g/mol. The van der Waals surface area contributed by atoms with Crippen LogP contribution in [-0.2, 0) is 0 Å². The van der Waals surface area contributed by atoms with Gasteiger partial charge in [-0.25, -0.2) is 9.36 Å². The quantitative estimate of drug-likeness (QED) is 0.432. The van der Waals surface area contributed by atoms with Crippen molar-refractivity contribution >= 4 is 22.1 Å². The van der Waals surface area contributed by atoms with Gasteiger partial charge in [0, 0.05) is 0 Å². The second-order valence-electron chi connectivity index (χ2n) is 7.01. The Morgan fingerprint density at radius 3 is 1.25 bits per heavy atom. The van der Waals surface area contributed by atoms with Crippen LogP contribution in [0.3, 0.4) is 0 Å². The van der Waals surface area contributed by atoms with Crippen molar-refractivity contribution in [3.8, 4) is 22.9 Å². The molecule has 2 N–H and O–H groups in total. The van der Waals surface area contributed by atoms with Gasteiger partial charge in [0.05, 0.1) is 22.4 Å². The van der Waals surface area contributed by atoms with Gasteiger partial charge in [-0.1, -0.05) is 34.7 Å². The molecule has 0 saturated heterocycles. The van der Waals surface area contributed by atoms with Crippen LogP contribution in [0.5, 0.6) is 11.5 Å². The average Bonchev–Trinajstić information content (AvgIpc) is 3.45. The summed E-state index contributed by atoms with van der Waals surface area (Å²) >= 11 is 0. The lowest BCUT2D eigenvalue weighted by Crippen LogP contribution is -1.95. The van der Waals surface area contributed by atoms with Gasteiger partial charge >= 0.3 is 0 Å². The molecule has 2 heterocycles. The molecule has 0 aliphatic rings. The number of phenols is 2. The van der Waals surface area contributed by atoms with Crippen molar-refractivity contribution in [3.63, 3.8) is 0 Å². The van der Waals surface area contributed by atoms with E-state index >= 15 is 0 Å². The van der Waals surface area contributed by atoms with E-state index in [9.17, 15) is 10.2 Å². The normalized spacial score (nSPS) is 10.8. The van der Waals surface area contributed by atoms with Gasteiger partial charge in [0.1, 0.15) is 22.5 Å². The third-order valence-electron chi connectivity index (χ3n) is 4.89. The summed E-state index contributed by atoms with van der Waals surface area (Å²) in [6, 6.07) is 29.2. The highest BCUT2D eigenvalue weighted by Crippen LogP contribution is 2.19. The summed E-state index contributed by atoms with van der Waals surface area (Å²) < 4.78 is 3.49. The molecule has 0 bridgehead atoms. The molecular formula is C24H18N6O2. The molecule has 0 saturated carbocycles. The fourth-order valence-corrected chi connectivity index (χ4v) is 3.31. The van der Waals surface area contributed by atoms with Crippen molar-refractivity contribution in [3.05, 3.63) is 97.1 Å². The first-order valence-corrected chi connectivity index (χ1v) is 9.89. The molecule has 0 aliphatic carbocycles. The molecule has 8 heteroatoms. The molecule has 4 aromatic carbocycles. The Kier molecular flexibility index (Phi) is 4.93. The summed E-state index contributed by atoms with van der Waals surface area (Å²) in [5, 5.41) is 34.7. The second kappa shape index (κ2) is 8.19. The number of benzene rings is 4. The Morgan fingerprint density at radius 1 is 0.469 bits per heavy atom. The first-order valence-electron chi connectivity index (χ1n) is 9.89. The molecule has 8 nitrogen and oxygen atoms in total. The van der Waals surface area contributed by atoms with E-state index in [0.717, 1.165) is 33.4 Å². The molecule has 156 valence electrons. The van der Waals surface area contributed by atoms with Gasteiger partial charge in [0.25, 0.3) is 0 Å². The van der Waals surface area contributed by atoms with Crippen LogP contribution in [0.25, 0.3) is 33.4 Å². The third-order valence-corrected chi connectivity index (χ3v) is 4.89. The minimum absolute atomic E-state index is 0.244. The van der Waals surface area contributed by atoms with Crippen LogP contribution in [0.1, 0.15) is 0 Å². The first-order chi connectivity index (χ1) is 15.7. The van der Waals surface area contributed by atoms with Gasteiger partial charge in [-0.2, -0.15) is 0 Å². The summed E-state index contributed by atoms with van der Waals surface area (Å²) in [6.45, 7) is 0. The van der Waals surface area contributed by atoms with E-state index in [1.54, 1.807) is 57.9 Å². The Hall–Kier alpha value is -4.72. The number of hydrogen-bond acceptors (Lipinski definition) is 6. The van der Waals surface area contributed by atoms with Crippen LogP contribution in [0.15, 0.2) is 97.1 Å². The smallest absolute Gasteiger partial charge is 0.115 e. The number of nitrogens with zero attached hydrogens (tertiary/aromatic N) is 6. The zero-order valence-electron chi connectivity index (χ0n) is 16.8. The molecule has 0 spiro atoms. The van der Waals surface area contributed by atoms with Gasteiger partial charge in [-0.05, 0) is 72.8 Å². The van der Waals surface area contributed by atoms with Crippen LogP contribution in [0, 0.1) is 0 Å². The number of aromatic hydroxyl groups is 2. The van der Waals surface area contributed by atoms with Gasteiger partial charge in [0.15, 0.2) is 0 Å². The Morgan fingerprint density at radius 2 is 0.844 bits per heavy atom. The van der Waals surface area contributed by atoms with Crippen LogP contribution >= 0.6 is 0 Å². The van der Waals surface area contributed by atoms with Crippen LogP contribution < -0.4 is 0 Å². The first kappa shape index (κ1) is 19.3. The van der Waals surface area contributed by atoms with Crippen LogP contribution in [0.2, 0.25) is 0 Å². The van der Waals surface area contributed by atoms with Crippen molar-refractivity contribution in [1.82, 2.24) is 30.0 Å². The number of hydrogen-bond donors (Lipinski definition) is 2. The second-order valence-corrected chi connectivity index (χ2v) is 7.01. The van der Waals surface area contributed by atoms with Crippen LogP contribution in [0.4, 0.5) is 0 Å². The van der Waals surface area contributed by atoms with E-state index in [2.05, 4.69) is 20.6 Å². The average molecular weight is 422 g/mol.